The van der Waals surface area contributed by atoms with Crippen LogP contribution in [-0.2, 0) is 0 Å². The summed E-state index contributed by atoms with van der Waals surface area (Å²) in [5.41, 5.74) is 0.321. The largest absolute Gasteiger partial charge is 0.393 e. The highest BCUT2D eigenvalue weighted by atomic mass is 79.9. The number of hydrogen-bond donors (Lipinski definition) is 2. The van der Waals surface area contributed by atoms with E-state index in [-0.39, 0.29) is 11.1 Å². The van der Waals surface area contributed by atoms with Crippen molar-refractivity contribution in [2.24, 2.45) is 0 Å². The zero-order chi connectivity index (χ0) is 12.1. The van der Waals surface area contributed by atoms with Crippen LogP contribution >= 0.6 is 27.5 Å². The Morgan fingerprint density at radius 3 is 3.06 bits per heavy atom. The fraction of sp³-hybridized carbons (Fsp3) is 0.400. The minimum Gasteiger partial charge on any atom is -0.393 e. The summed E-state index contributed by atoms with van der Waals surface area (Å²) in [5, 5.41) is 11.9. The molecule has 0 aliphatic carbocycles. The number of aliphatic hydroxyl groups is 1. The molecule has 1 aromatic heterocycles. The molecule has 2 N–H and O–H groups in total. The summed E-state index contributed by atoms with van der Waals surface area (Å²) in [6.07, 6.45) is 1.59. The van der Waals surface area contributed by atoms with E-state index in [1.165, 1.54) is 6.20 Å². The maximum atomic E-state index is 11.7. The number of nitrogens with zero attached hydrogens (tertiary/aromatic N) is 1. The van der Waals surface area contributed by atoms with E-state index in [2.05, 4.69) is 26.2 Å². The predicted molar refractivity (Wildman–Crippen MR) is 65.6 cm³/mol. The number of pyridine rings is 1. The van der Waals surface area contributed by atoms with Crippen LogP contribution in [0.4, 0.5) is 0 Å². The van der Waals surface area contributed by atoms with Gasteiger partial charge in [0.25, 0.3) is 5.91 Å². The lowest BCUT2D eigenvalue weighted by Gasteiger charge is -2.07. The molecule has 0 spiro atoms. The lowest BCUT2D eigenvalue weighted by atomic mass is 10.2. The van der Waals surface area contributed by atoms with Gasteiger partial charge in [-0.1, -0.05) is 11.6 Å². The Kier molecular flexibility index (Phi) is 5.18. The second-order valence-corrected chi connectivity index (χ2v) is 4.66. The standard InChI is InChI=1S/C10H12BrClN2O2/c1-6(15)2-3-13-10(16)8-4-7(11)5-14-9(8)12/h4-6,15H,2-3H2,1H3,(H,13,16). The summed E-state index contributed by atoms with van der Waals surface area (Å²) < 4.78 is 0.692. The van der Waals surface area contributed by atoms with Gasteiger partial charge in [-0.15, -0.1) is 0 Å². The van der Waals surface area contributed by atoms with E-state index in [1.807, 2.05) is 0 Å². The van der Waals surface area contributed by atoms with Crippen LogP contribution in [0.5, 0.6) is 0 Å². The molecule has 0 aliphatic heterocycles. The van der Waals surface area contributed by atoms with Gasteiger partial charge in [0.1, 0.15) is 5.15 Å². The monoisotopic (exact) mass is 306 g/mol. The predicted octanol–water partition coefficient (Wildman–Crippen LogP) is 2.00. The number of nitrogens with one attached hydrogen (secondary N) is 1. The molecule has 1 rings (SSSR count). The van der Waals surface area contributed by atoms with Crippen molar-refractivity contribution in [3.8, 4) is 0 Å². The molecule has 16 heavy (non-hydrogen) atoms. The summed E-state index contributed by atoms with van der Waals surface area (Å²) in [6, 6.07) is 1.60. The second kappa shape index (κ2) is 6.18. The second-order valence-electron chi connectivity index (χ2n) is 3.39. The normalized spacial score (nSPS) is 12.2. The molecule has 0 bridgehead atoms. The third-order valence-electron chi connectivity index (χ3n) is 1.90. The minimum absolute atomic E-state index is 0.165. The number of hydrogen-bond acceptors (Lipinski definition) is 3. The maximum absolute atomic E-state index is 11.7. The van der Waals surface area contributed by atoms with Crippen LogP contribution in [0.2, 0.25) is 5.15 Å². The van der Waals surface area contributed by atoms with Gasteiger partial charge in [0.2, 0.25) is 0 Å². The number of carbonyl (C=O) groups excluding carboxylic acids is 1. The molecule has 1 unspecified atom stereocenters. The van der Waals surface area contributed by atoms with Gasteiger partial charge in [-0.25, -0.2) is 4.98 Å². The van der Waals surface area contributed by atoms with Crippen molar-refractivity contribution in [2.45, 2.75) is 19.4 Å². The zero-order valence-corrected chi connectivity index (χ0v) is 11.0. The summed E-state index contributed by atoms with van der Waals surface area (Å²) >= 11 is 9.01. The SMILES string of the molecule is CC(O)CCNC(=O)c1cc(Br)cnc1Cl. The molecule has 0 fully saturated rings. The van der Waals surface area contributed by atoms with Crippen molar-refractivity contribution in [3.05, 3.63) is 27.5 Å². The van der Waals surface area contributed by atoms with Crippen LogP contribution < -0.4 is 5.32 Å². The highest BCUT2D eigenvalue weighted by Gasteiger charge is 2.11. The Labute approximate surface area is 107 Å². The Morgan fingerprint density at radius 1 is 1.75 bits per heavy atom. The van der Waals surface area contributed by atoms with Gasteiger partial charge in [0.05, 0.1) is 11.7 Å². The van der Waals surface area contributed by atoms with E-state index < -0.39 is 6.10 Å². The van der Waals surface area contributed by atoms with Gasteiger partial charge < -0.3 is 10.4 Å². The summed E-state index contributed by atoms with van der Waals surface area (Å²) in [5.74, 6) is -0.292. The highest BCUT2D eigenvalue weighted by molar-refractivity contribution is 9.10. The number of halogens is 2. The molecule has 0 saturated heterocycles. The van der Waals surface area contributed by atoms with Crippen molar-refractivity contribution in [2.75, 3.05) is 6.54 Å². The number of amides is 1. The Balaban J connectivity index is 2.62. The fourth-order valence-electron chi connectivity index (χ4n) is 1.07. The number of aromatic nitrogens is 1. The molecule has 0 aliphatic rings. The van der Waals surface area contributed by atoms with Crippen molar-refractivity contribution in [1.82, 2.24) is 10.3 Å². The van der Waals surface area contributed by atoms with Gasteiger partial charge in [-0.2, -0.15) is 0 Å². The summed E-state index contributed by atoms with van der Waals surface area (Å²) in [4.78, 5) is 15.5. The first-order chi connectivity index (χ1) is 7.50. The van der Waals surface area contributed by atoms with E-state index in [0.717, 1.165) is 0 Å². The molecule has 1 amide bonds. The third-order valence-corrected chi connectivity index (χ3v) is 2.63. The van der Waals surface area contributed by atoms with E-state index in [0.29, 0.717) is 23.0 Å². The van der Waals surface area contributed by atoms with E-state index in [4.69, 9.17) is 16.7 Å². The van der Waals surface area contributed by atoms with Gasteiger partial charge in [-0.05, 0) is 35.3 Å². The molecule has 1 aromatic rings. The van der Waals surface area contributed by atoms with Crippen molar-refractivity contribution >= 4 is 33.4 Å². The molecule has 4 nitrogen and oxygen atoms in total. The van der Waals surface area contributed by atoms with E-state index >= 15 is 0 Å². The molecule has 0 radical (unpaired) electrons. The zero-order valence-electron chi connectivity index (χ0n) is 8.70. The maximum Gasteiger partial charge on any atom is 0.254 e. The third kappa shape index (κ3) is 4.08. The smallest absolute Gasteiger partial charge is 0.254 e. The first-order valence-corrected chi connectivity index (χ1v) is 5.95. The molecular weight excluding hydrogens is 295 g/mol. The lowest BCUT2D eigenvalue weighted by molar-refractivity contribution is 0.0945. The first-order valence-electron chi connectivity index (χ1n) is 4.78. The van der Waals surface area contributed by atoms with Crippen molar-refractivity contribution < 1.29 is 9.90 Å². The molecule has 1 heterocycles. The fourth-order valence-corrected chi connectivity index (χ4v) is 1.59. The summed E-state index contributed by atoms with van der Waals surface area (Å²) in [6.45, 7) is 2.07. The van der Waals surface area contributed by atoms with Crippen LogP contribution in [0.15, 0.2) is 16.7 Å². The van der Waals surface area contributed by atoms with Crippen LogP contribution in [0, 0.1) is 0 Å². The van der Waals surface area contributed by atoms with Gasteiger partial charge in [-0.3, -0.25) is 4.79 Å². The van der Waals surface area contributed by atoms with Crippen LogP contribution in [0.3, 0.4) is 0 Å². The molecule has 0 aromatic carbocycles. The molecule has 1 atom stereocenters. The van der Waals surface area contributed by atoms with Crippen LogP contribution in [0.25, 0.3) is 0 Å². The number of rotatable bonds is 4. The average Bonchev–Trinajstić information content (AvgIpc) is 2.21. The topological polar surface area (TPSA) is 62.2 Å². The number of carbonyl (C=O) groups is 1. The van der Waals surface area contributed by atoms with Gasteiger partial charge in [0.15, 0.2) is 0 Å². The van der Waals surface area contributed by atoms with Gasteiger partial charge in [0, 0.05) is 17.2 Å². The Morgan fingerprint density at radius 2 is 2.44 bits per heavy atom. The van der Waals surface area contributed by atoms with E-state index in [1.54, 1.807) is 13.0 Å². The Bertz CT molecular complexity index is 385. The van der Waals surface area contributed by atoms with Crippen molar-refractivity contribution in [3.63, 3.8) is 0 Å². The quantitative estimate of drug-likeness (QED) is 0.836. The number of aliphatic hydroxyl groups excluding tert-OH is 1. The lowest BCUT2D eigenvalue weighted by Crippen LogP contribution is -2.26. The van der Waals surface area contributed by atoms with Gasteiger partial charge >= 0.3 is 0 Å². The molecule has 0 saturated carbocycles. The van der Waals surface area contributed by atoms with Crippen molar-refractivity contribution in [1.29, 1.82) is 0 Å². The first kappa shape index (κ1) is 13.4. The highest BCUT2D eigenvalue weighted by Crippen LogP contribution is 2.17. The minimum atomic E-state index is -0.434. The average molecular weight is 308 g/mol. The van der Waals surface area contributed by atoms with E-state index in [9.17, 15) is 4.79 Å². The molecule has 6 heteroatoms. The molecular formula is C10H12BrClN2O2. The summed E-state index contributed by atoms with van der Waals surface area (Å²) in [7, 11) is 0. The van der Waals surface area contributed by atoms with Crippen LogP contribution in [-0.4, -0.2) is 28.6 Å². The Hall–Kier alpha value is -0.650. The van der Waals surface area contributed by atoms with Crippen LogP contribution in [0.1, 0.15) is 23.7 Å². The molecule has 88 valence electrons.